The molecule has 0 spiro atoms. The molecule has 5 rings (SSSR count). The quantitative estimate of drug-likeness (QED) is 0.387. The van der Waals surface area contributed by atoms with Gasteiger partial charge in [0, 0.05) is 16.8 Å². The van der Waals surface area contributed by atoms with Crippen molar-refractivity contribution in [2.24, 2.45) is 0 Å². The molecule has 2 atom stereocenters. The molecule has 190 valence electrons. The number of hydrogen-bond acceptors (Lipinski definition) is 5. The van der Waals surface area contributed by atoms with Gasteiger partial charge in [0.2, 0.25) is 11.8 Å². The zero-order chi connectivity index (χ0) is 25.9. The summed E-state index contributed by atoms with van der Waals surface area (Å²) < 4.78 is 11.1. The number of likely N-dealkylation sites (N-methyl/N-ethyl adjacent to an activating group) is 1. The second-order valence-corrected chi connectivity index (χ2v) is 9.32. The van der Waals surface area contributed by atoms with Gasteiger partial charge in [0.05, 0.1) is 32.2 Å². The number of amides is 2. The van der Waals surface area contributed by atoms with Crippen LogP contribution in [0, 0.1) is 0 Å². The van der Waals surface area contributed by atoms with Crippen molar-refractivity contribution in [3.63, 3.8) is 0 Å². The Kier molecular flexibility index (Phi) is 6.97. The number of nitrogens with zero attached hydrogens (tertiary/aromatic N) is 1. The molecule has 1 aliphatic rings. The van der Waals surface area contributed by atoms with Crippen LogP contribution in [0.25, 0.3) is 21.9 Å². The molecule has 0 saturated carbocycles. The molecule has 2 amide bonds. The van der Waals surface area contributed by atoms with Crippen LogP contribution in [-0.4, -0.2) is 38.1 Å². The van der Waals surface area contributed by atoms with E-state index in [1.165, 1.54) is 0 Å². The second kappa shape index (κ2) is 10.5. The smallest absolute Gasteiger partial charge is 0.249 e. The van der Waals surface area contributed by atoms with E-state index in [-0.39, 0.29) is 11.8 Å². The molecule has 0 fully saturated rings. The highest BCUT2D eigenvalue weighted by Crippen LogP contribution is 2.37. The van der Waals surface area contributed by atoms with Crippen LogP contribution < -0.4 is 20.3 Å². The zero-order valence-corrected chi connectivity index (χ0v) is 21.3. The third-order valence-electron chi connectivity index (χ3n) is 7.19. The average Bonchev–Trinajstić information content (AvgIpc) is 3.43. The van der Waals surface area contributed by atoms with E-state index in [1.54, 1.807) is 38.5 Å². The molecule has 7 heteroatoms. The van der Waals surface area contributed by atoms with Gasteiger partial charge in [0.15, 0.2) is 0 Å². The number of hydrogen-bond donors (Lipinski definition) is 2. The van der Waals surface area contributed by atoms with Gasteiger partial charge < -0.3 is 24.7 Å². The Labute approximate surface area is 216 Å². The van der Waals surface area contributed by atoms with Crippen LogP contribution in [-0.2, 0) is 22.6 Å². The lowest BCUT2D eigenvalue weighted by Crippen LogP contribution is -2.52. The molecule has 2 heterocycles. The summed E-state index contributed by atoms with van der Waals surface area (Å²) in [5.41, 5.74) is 4.87. The zero-order valence-electron chi connectivity index (χ0n) is 21.3. The van der Waals surface area contributed by atoms with Gasteiger partial charge in [-0.1, -0.05) is 42.5 Å². The topological polar surface area (TPSA) is 83.8 Å². The number of fused-ring (bicyclic) bond motifs is 2. The van der Waals surface area contributed by atoms with E-state index < -0.39 is 12.1 Å². The van der Waals surface area contributed by atoms with Gasteiger partial charge in [-0.3, -0.25) is 9.59 Å². The number of aryl methyl sites for hydroxylation is 1. The first kappa shape index (κ1) is 24.6. The molecule has 0 aliphatic carbocycles. The van der Waals surface area contributed by atoms with E-state index in [9.17, 15) is 9.59 Å². The lowest BCUT2D eigenvalue weighted by molar-refractivity contribution is -0.128. The van der Waals surface area contributed by atoms with Crippen molar-refractivity contribution in [1.82, 2.24) is 10.6 Å². The maximum atomic E-state index is 14.0. The van der Waals surface area contributed by atoms with Crippen molar-refractivity contribution in [3.8, 4) is 16.9 Å². The molecule has 3 aromatic carbocycles. The number of benzene rings is 3. The monoisotopic (exact) mass is 497 g/mol. The largest absolute Gasteiger partial charge is 0.496 e. The Morgan fingerprint density at radius 3 is 2.70 bits per heavy atom. The Morgan fingerprint density at radius 1 is 1.11 bits per heavy atom. The first-order valence-electron chi connectivity index (χ1n) is 12.5. The van der Waals surface area contributed by atoms with Crippen LogP contribution in [0.4, 0.5) is 5.69 Å². The highest BCUT2D eigenvalue weighted by molar-refractivity contribution is 6.03. The molecule has 0 radical (unpaired) electrons. The predicted molar refractivity (Wildman–Crippen MR) is 145 cm³/mol. The van der Waals surface area contributed by atoms with Gasteiger partial charge >= 0.3 is 0 Å². The van der Waals surface area contributed by atoms with Crippen molar-refractivity contribution >= 4 is 28.3 Å². The Morgan fingerprint density at radius 2 is 1.95 bits per heavy atom. The molecular weight excluding hydrogens is 466 g/mol. The normalized spacial score (nSPS) is 16.2. The summed E-state index contributed by atoms with van der Waals surface area (Å²) in [7, 11) is 3.37. The number of ether oxygens (including phenoxy) is 1. The molecule has 1 unspecified atom stereocenters. The molecule has 37 heavy (non-hydrogen) atoms. The number of methoxy groups -OCH3 is 1. The first-order valence-corrected chi connectivity index (χ1v) is 12.5. The average molecular weight is 498 g/mol. The highest BCUT2D eigenvalue weighted by Gasteiger charge is 2.33. The van der Waals surface area contributed by atoms with Gasteiger partial charge in [-0.05, 0) is 66.9 Å². The van der Waals surface area contributed by atoms with E-state index >= 15 is 0 Å². The Bertz CT molecular complexity index is 1430. The summed E-state index contributed by atoms with van der Waals surface area (Å²) >= 11 is 0. The molecular formula is C30H31N3O4. The number of para-hydroxylation sites is 1. The summed E-state index contributed by atoms with van der Waals surface area (Å²) in [6.45, 7) is 2.08. The van der Waals surface area contributed by atoms with Crippen molar-refractivity contribution in [2.75, 3.05) is 19.1 Å². The number of furan rings is 1. The Balaban J connectivity index is 1.60. The standard InChI is InChI=1S/C30H31N3O4/c1-19(31-2)29(34)32-26-13-11-20-7-4-5-10-27(20)33(30(26)35)17-25-23-9-6-8-22(21-15-16-37-18-21)24(23)12-14-28(25)36-3/h4-10,12,14-16,18-19,26,31H,11,13,17H2,1-3H3,(H,32,34)/t19-,26?/m0/s1. The number of anilines is 1. The summed E-state index contributed by atoms with van der Waals surface area (Å²) in [5.74, 6) is 0.377. The summed E-state index contributed by atoms with van der Waals surface area (Å²) in [6.07, 6.45) is 4.61. The predicted octanol–water partition coefficient (Wildman–Crippen LogP) is 4.68. The van der Waals surface area contributed by atoms with Gasteiger partial charge in [0.1, 0.15) is 11.8 Å². The number of nitrogens with one attached hydrogen (secondary N) is 2. The van der Waals surface area contributed by atoms with Crippen molar-refractivity contribution in [3.05, 3.63) is 84.3 Å². The minimum Gasteiger partial charge on any atom is -0.496 e. The van der Waals surface area contributed by atoms with E-state index in [4.69, 9.17) is 9.15 Å². The van der Waals surface area contributed by atoms with Crippen LogP contribution >= 0.6 is 0 Å². The van der Waals surface area contributed by atoms with E-state index in [0.717, 1.165) is 38.7 Å². The molecule has 0 bridgehead atoms. The SMILES string of the molecule is CN[C@@H](C)C(=O)NC1CCc2ccccc2N(Cc2c(OC)ccc3c(-c4ccoc4)cccc23)C1=O. The molecule has 0 saturated heterocycles. The van der Waals surface area contributed by atoms with Crippen LogP contribution in [0.3, 0.4) is 0 Å². The molecule has 1 aliphatic heterocycles. The fraction of sp³-hybridized carbons (Fsp3) is 0.267. The number of carbonyl (C=O) groups excluding carboxylic acids is 2. The summed E-state index contributed by atoms with van der Waals surface area (Å²) in [6, 6.07) is 19.0. The second-order valence-electron chi connectivity index (χ2n) is 9.32. The molecule has 1 aromatic heterocycles. The lowest BCUT2D eigenvalue weighted by Gasteiger charge is -2.28. The third kappa shape index (κ3) is 4.70. The van der Waals surface area contributed by atoms with Crippen molar-refractivity contribution in [1.29, 1.82) is 0 Å². The highest BCUT2D eigenvalue weighted by atomic mass is 16.5. The van der Waals surface area contributed by atoms with Gasteiger partial charge in [-0.2, -0.15) is 0 Å². The van der Waals surface area contributed by atoms with Gasteiger partial charge in [0.25, 0.3) is 0 Å². The fourth-order valence-electron chi connectivity index (χ4n) is 5.02. The lowest BCUT2D eigenvalue weighted by atomic mass is 9.96. The van der Waals surface area contributed by atoms with Crippen molar-refractivity contribution < 1.29 is 18.7 Å². The molecule has 2 N–H and O–H groups in total. The van der Waals surface area contributed by atoms with E-state index in [0.29, 0.717) is 25.1 Å². The van der Waals surface area contributed by atoms with Crippen LogP contribution in [0.1, 0.15) is 24.5 Å². The Hall–Kier alpha value is -4.10. The van der Waals surface area contributed by atoms with Gasteiger partial charge in [-0.25, -0.2) is 0 Å². The van der Waals surface area contributed by atoms with Crippen LogP contribution in [0.2, 0.25) is 0 Å². The first-order chi connectivity index (χ1) is 18.0. The third-order valence-corrected chi connectivity index (χ3v) is 7.19. The molecule has 7 nitrogen and oxygen atoms in total. The minimum absolute atomic E-state index is 0.133. The van der Waals surface area contributed by atoms with Crippen LogP contribution in [0.15, 0.2) is 77.6 Å². The summed E-state index contributed by atoms with van der Waals surface area (Å²) in [4.78, 5) is 28.5. The minimum atomic E-state index is -0.627. The van der Waals surface area contributed by atoms with Crippen LogP contribution in [0.5, 0.6) is 5.75 Å². The number of carbonyl (C=O) groups is 2. The van der Waals surface area contributed by atoms with Crippen molar-refractivity contribution in [2.45, 2.75) is 38.4 Å². The fourth-order valence-corrected chi connectivity index (χ4v) is 5.02. The number of rotatable bonds is 7. The van der Waals surface area contributed by atoms with Gasteiger partial charge in [-0.15, -0.1) is 0 Å². The maximum absolute atomic E-state index is 14.0. The van der Waals surface area contributed by atoms with E-state index in [1.807, 2.05) is 48.5 Å². The molecule has 4 aromatic rings. The summed E-state index contributed by atoms with van der Waals surface area (Å²) in [5, 5.41) is 7.96. The van der Waals surface area contributed by atoms with E-state index in [2.05, 4.69) is 22.8 Å². The maximum Gasteiger partial charge on any atom is 0.249 e.